The number of hydrogen-bond acceptors (Lipinski definition) is 4. The van der Waals surface area contributed by atoms with E-state index in [4.69, 9.17) is 5.26 Å². The van der Waals surface area contributed by atoms with Crippen molar-refractivity contribution in [3.8, 4) is 6.07 Å². The van der Waals surface area contributed by atoms with E-state index in [0.717, 1.165) is 5.56 Å². The van der Waals surface area contributed by atoms with Gasteiger partial charge >= 0.3 is 0 Å². The summed E-state index contributed by atoms with van der Waals surface area (Å²) in [6.07, 6.45) is 0.338. The van der Waals surface area contributed by atoms with Gasteiger partial charge in [-0.1, -0.05) is 18.2 Å². The quantitative estimate of drug-likeness (QED) is 0.887. The van der Waals surface area contributed by atoms with Gasteiger partial charge in [0.05, 0.1) is 23.9 Å². The first-order valence-electron chi connectivity index (χ1n) is 6.26. The molecule has 21 heavy (non-hydrogen) atoms. The molecule has 0 bridgehead atoms. The fourth-order valence-electron chi connectivity index (χ4n) is 1.66. The van der Waals surface area contributed by atoms with Gasteiger partial charge in [-0.15, -0.1) is 11.3 Å². The number of nitriles is 1. The number of carbonyl (C=O) groups is 2. The lowest BCUT2D eigenvalue weighted by Gasteiger charge is -2.06. The van der Waals surface area contributed by atoms with Gasteiger partial charge in [0.1, 0.15) is 0 Å². The molecule has 0 aliphatic rings. The normalized spacial score (nSPS) is 9.67. The van der Waals surface area contributed by atoms with Gasteiger partial charge in [-0.2, -0.15) is 5.26 Å². The van der Waals surface area contributed by atoms with E-state index in [9.17, 15) is 9.59 Å². The second-order valence-electron chi connectivity index (χ2n) is 4.24. The van der Waals surface area contributed by atoms with Crippen LogP contribution in [0.1, 0.15) is 15.2 Å². The third-order valence-electron chi connectivity index (χ3n) is 2.68. The maximum Gasteiger partial charge on any atom is 0.261 e. The molecule has 106 valence electrons. The zero-order valence-electron chi connectivity index (χ0n) is 11.1. The van der Waals surface area contributed by atoms with Gasteiger partial charge in [0, 0.05) is 5.69 Å². The van der Waals surface area contributed by atoms with E-state index in [0.29, 0.717) is 17.0 Å². The van der Waals surface area contributed by atoms with Gasteiger partial charge in [0.2, 0.25) is 5.91 Å². The molecule has 0 saturated heterocycles. The summed E-state index contributed by atoms with van der Waals surface area (Å²) in [6, 6.07) is 12.6. The van der Waals surface area contributed by atoms with E-state index in [1.54, 1.807) is 41.8 Å². The molecule has 2 aromatic rings. The molecule has 2 N–H and O–H groups in total. The Morgan fingerprint density at radius 1 is 1.19 bits per heavy atom. The molecule has 0 atom stereocenters. The largest absolute Gasteiger partial charge is 0.342 e. The molecule has 0 aliphatic heterocycles. The van der Waals surface area contributed by atoms with Crippen molar-refractivity contribution in [2.24, 2.45) is 0 Å². The van der Waals surface area contributed by atoms with Crippen LogP contribution in [0.4, 0.5) is 5.69 Å². The highest BCUT2D eigenvalue weighted by Gasteiger charge is 2.08. The van der Waals surface area contributed by atoms with Gasteiger partial charge < -0.3 is 10.6 Å². The van der Waals surface area contributed by atoms with Crippen LogP contribution in [0.5, 0.6) is 0 Å². The van der Waals surface area contributed by atoms with Crippen LogP contribution in [0, 0.1) is 11.3 Å². The van der Waals surface area contributed by atoms with Crippen molar-refractivity contribution in [3.63, 3.8) is 0 Å². The Hall–Kier alpha value is -2.65. The van der Waals surface area contributed by atoms with E-state index >= 15 is 0 Å². The van der Waals surface area contributed by atoms with Crippen LogP contribution in [-0.2, 0) is 11.2 Å². The zero-order chi connectivity index (χ0) is 15.1. The Morgan fingerprint density at radius 3 is 2.57 bits per heavy atom. The standard InChI is InChI=1S/C15H13N3O2S/c16-8-7-11-3-5-12(6-4-11)18-14(19)10-17-15(20)13-2-1-9-21-13/h1-6,9H,7,10H2,(H,17,20)(H,18,19). The number of nitrogens with zero attached hydrogens (tertiary/aromatic N) is 1. The molecule has 0 saturated carbocycles. The molecular weight excluding hydrogens is 286 g/mol. The first-order chi connectivity index (χ1) is 10.2. The molecule has 0 fully saturated rings. The number of amides is 2. The Kier molecular flexibility index (Phi) is 5.07. The van der Waals surface area contributed by atoms with Crippen molar-refractivity contribution in [3.05, 3.63) is 52.2 Å². The summed E-state index contributed by atoms with van der Waals surface area (Å²) >= 11 is 1.32. The fraction of sp³-hybridized carbons (Fsp3) is 0.133. The van der Waals surface area contributed by atoms with E-state index in [2.05, 4.69) is 16.7 Å². The van der Waals surface area contributed by atoms with Crippen LogP contribution in [0.2, 0.25) is 0 Å². The van der Waals surface area contributed by atoms with E-state index in [1.165, 1.54) is 11.3 Å². The number of carbonyl (C=O) groups excluding carboxylic acids is 2. The third kappa shape index (κ3) is 4.44. The second kappa shape index (κ2) is 7.22. The lowest BCUT2D eigenvalue weighted by molar-refractivity contribution is -0.115. The van der Waals surface area contributed by atoms with E-state index in [-0.39, 0.29) is 18.4 Å². The molecule has 0 spiro atoms. The van der Waals surface area contributed by atoms with Gasteiger partial charge in [-0.3, -0.25) is 9.59 Å². The minimum Gasteiger partial charge on any atom is -0.342 e. The summed E-state index contributed by atoms with van der Waals surface area (Å²) in [5.74, 6) is -0.558. The zero-order valence-corrected chi connectivity index (χ0v) is 11.9. The Bertz CT molecular complexity index is 657. The lowest BCUT2D eigenvalue weighted by atomic mass is 10.1. The van der Waals surface area contributed by atoms with E-state index < -0.39 is 0 Å². The molecule has 0 radical (unpaired) electrons. The first-order valence-corrected chi connectivity index (χ1v) is 7.14. The predicted octanol–water partition coefficient (Wildman–Crippen LogP) is 2.18. The molecule has 0 aliphatic carbocycles. The van der Waals surface area contributed by atoms with Crippen molar-refractivity contribution in [2.45, 2.75) is 6.42 Å². The summed E-state index contributed by atoms with van der Waals surface area (Å²) in [4.78, 5) is 24.0. The topological polar surface area (TPSA) is 82.0 Å². The smallest absolute Gasteiger partial charge is 0.261 e. The fourth-order valence-corrected chi connectivity index (χ4v) is 2.30. The summed E-state index contributed by atoms with van der Waals surface area (Å²) in [5.41, 5.74) is 1.52. The molecule has 1 aromatic heterocycles. The van der Waals surface area contributed by atoms with Crippen LogP contribution in [0.3, 0.4) is 0 Å². The lowest BCUT2D eigenvalue weighted by Crippen LogP contribution is -2.32. The van der Waals surface area contributed by atoms with Gasteiger partial charge in [-0.05, 0) is 29.1 Å². The first kappa shape index (κ1) is 14.8. The summed E-state index contributed by atoms with van der Waals surface area (Å²) in [5, 5.41) is 15.6. The Morgan fingerprint density at radius 2 is 1.95 bits per heavy atom. The van der Waals surface area contributed by atoms with Crippen LogP contribution in [-0.4, -0.2) is 18.4 Å². The monoisotopic (exact) mass is 299 g/mol. The Balaban J connectivity index is 1.82. The average Bonchev–Trinajstić information content (AvgIpc) is 3.01. The summed E-state index contributed by atoms with van der Waals surface area (Å²) in [6.45, 7) is -0.0866. The highest BCUT2D eigenvalue weighted by Crippen LogP contribution is 2.10. The highest BCUT2D eigenvalue weighted by molar-refractivity contribution is 7.12. The molecule has 5 nitrogen and oxygen atoms in total. The number of anilines is 1. The third-order valence-corrected chi connectivity index (χ3v) is 3.54. The number of rotatable bonds is 5. The summed E-state index contributed by atoms with van der Waals surface area (Å²) < 4.78 is 0. The maximum absolute atomic E-state index is 11.7. The minimum atomic E-state index is -0.298. The second-order valence-corrected chi connectivity index (χ2v) is 5.19. The van der Waals surface area contributed by atoms with E-state index in [1.807, 2.05) is 0 Å². The number of hydrogen-bond donors (Lipinski definition) is 2. The average molecular weight is 299 g/mol. The summed E-state index contributed by atoms with van der Waals surface area (Å²) in [7, 11) is 0. The maximum atomic E-state index is 11.7. The molecule has 1 heterocycles. The predicted molar refractivity (Wildman–Crippen MR) is 81.0 cm³/mol. The minimum absolute atomic E-state index is 0.0866. The highest BCUT2D eigenvalue weighted by atomic mass is 32.1. The number of thiophene rings is 1. The van der Waals surface area contributed by atoms with Crippen molar-refractivity contribution in [1.29, 1.82) is 5.26 Å². The van der Waals surface area contributed by atoms with Gasteiger partial charge in [0.15, 0.2) is 0 Å². The molecule has 2 amide bonds. The van der Waals surface area contributed by atoms with Crippen molar-refractivity contribution < 1.29 is 9.59 Å². The SMILES string of the molecule is N#CCc1ccc(NC(=O)CNC(=O)c2cccs2)cc1. The van der Waals surface area contributed by atoms with Crippen LogP contribution >= 0.6 is 11.3 Å². The number of nitrogens with one attached hydrogen (secondary N) is 2. The molecule has 2 rings (SSSR count). The molecule has 1 aromatic carbocycles. The van der Waals surface area contributed by atoms with Crippen molar-refractivity contribution in [2.75, 3.05) is 11.9 Å². The van der Waals surface area contributed by atoms with Crippen LogP contribution in [0.25, 0.3) is 0 Å². The van der Waals surface area contributed by atoms with Crippen LogP contribution in [0.15, 0.2) is 41.8 Å². The number of benzene rings is 1. The van der Waals surface area contributed by atoms with Gasteiger partial charge in [-0.25, -0.2) is 0 Å². The van der Waals surface area contributed by atoms with Crippen molar-refractivity contribution in [1.82, 2.24) is 5.32 Å². The Labute approximate surface area is 126 Å². The molecular formula is C15H13N3O2S. The van der Waals surface area contributed by atoms with Gasteiger partial charge in [0.25, 0.3) is 5.91 Å². The van der Waals surface area contributed by atoms with Crippen LogP contribution < -0.4 is 10.6 Å². The van der Waals surface area contributed by atoms with Crippen molar-refractivity contribution >= 4 is 28.8 Å². The molecule has 6 heteroatoms. The molecule has 0 unspecified atom stereocenters.